The Morgan fingerprint density at radius 2 is 2.05 bits per heavy atom. The molecule has 3 N–H and O–H groups in total. The molecule has 0 bridgehead atoms. The Kier molecular flexibility index (Phi) is 4.59. The van der Waals surface area contributed by atoms with Gasteiger partial charge in [0.05, 0.1) is 6.33 Å². The number of nitrogens with two attached hydrogens (primary N) is 1. The smallest absolute Gasteiger partial charge is 0.260 e. The minimum atomic E-state index is -3.64. The Labute approximate surface area is 114 Å². The van der Waals surface area contributed by atoms with Crippen molar-refractivity contribution >= 4 is 15.8 Å². The first kappa shape index (κ1) is 15.9. The summed E-state index contributed by atoms with van der Waals surface area (Å²) in [6.45, 7) is 5.11. The zero-order chi connectivity index (χ0) is 14.8. The lowest BCUT2D eigenvalue weighted by molar-refractivity contribution is 0.242. The molecule has 110 valence electrons. The topological polar surface area (TPSA) is 93.2 Å². The standard InChI is InChI=1S/C11H23N5O2S/c1-11(2,7-15(3)4)6-14-19(17,18)10-9(12)13-8-16(10)5/h8,14H,6-7,12H2,1-5H3. The zero-order valence-electron chi connectivity index (χ0n) is 12.1. The molecule has 1 aromatic rings. The summed E-state index contributed by atoms with van der Waals surface area (Å²) < 4.78 is 28.4. The average molecular weight is 289 g/mol. The fourth-order valence-electron chi connectivity index (χ4n) is 2.04. The first-order valence-electron chi connectivity index (χ1n) is 5.96. The summed E-state index contributed by atoms with van der Waals surface area (Å²) in [6, 6.07) is 0. The van der Waals surface area contributed by atoms with E-state index >= 15 is 0 Å². The van der Waals surface area contributed by atoms with E-state index in [0.29, 0.717) is 6.54 Å². The monoisotopic (exact) mass is 289 g/mol. The van der Waals surface area contributed by atoms with Gasteiger partial charge in [0.15, 0.2) is 10.8 Å². The maximum atomic E-state index is 12.2. The van der Waals surface area contributed by atoms with Crippen LogP contribution in [0.3, 0.4) is 0 Å². The second-order valence-electron chi connectivity index (χ2n) is 5.77. The van der Waals surface area contributed by atoms with E-state index in [1.54, 1.807) is 7.05 Å². The molecule has 0 unspecified atom stereocenters. The Hall–Kier alpha value is -1.12. The number of imidazole rings is 1. The van der Waals surface area contributed by atoms with Crippen LogP contribution < -0.4 is 10.5 Å². The van der Waals surface area contributed by atoms with Gasteiger partial charge >= 0.3 is 0 Å². The summed E-state index contributed by atoms with van der Waals surface area (Å²) in [4.78, 5) is 5.81. The zero-order valence-corrected chi connectivity index (χ0v) is 13.0. The largest absolute Gasteiger partial charge is 0.381 e. The van der Waals surface area contributed by atoms with Crippen molar-refractivity contribution in [2.24, 2.45) is 12.5 Å². The van der Waals surface area contributed by atoms with Crippen molar-refractivity contribution in [2.75, 3.05) is 32.9 Å². The fraction of sp³-hybridized carbons (Fsp3) is 0.727. The van der Waals surface area contributed by atoms with E-state index in [1.165, 1.54) is 10.9 Å². The lowest BCUT2D eigenvalue weighted by Gasteiger charge is -2.28. The molecule has 0 aliphatic carbocycles. The van der Waals surface area contributed by atoms with Crippen molar-refractivity contribution in [2.45, 2.75) is 18.9 Å². The molecule has 0 atom stereocenters. The highest BCUT2D eigenvalue weighted by atomic mass is 32.2. The maximum absolute atomic E-state index is 12.2. The number of rotatable bonds is 6. The summed E-state index contributed by atoms with van der Waals surface area (Å²) in [6.07, 6.45) is 1.38. The number of nitrogens with one attached hydrogen (secondary N) is 1. The Bertz CT molecular complexity index is 514. The van der Waals surface area contributed by atoms with Crippen LogP contribution >= 0.6 is 0 Å². The summed E-state index contributed by atoms with van der Waals surface area (Å²) in [5.74, 6) is 0.0143. The number of hydrogen-bond donors (Lipinski definition) is 2. The highest BCUT2D eigenvalue weighted by Gasteiger charge is 2.26. The van der Waals surface area contributed by atoms with E-state index < -0.39 is 10.0 Å². The number of hydrogen-bond acceptors (Lipinski definition) is 5. The number of aryl methyl sites for hydroxylation is 1. The van der Waals surface area contributed by atoms with E-state index in [2.05, 4.69) is 9.71 Å². The minimum absolute atomic E-state index is 0.00755. The number of anilines is 1. The van der Waals surface area contributed by atoms with Crippen molar-refractivity contribution in [1.82, 2.24) is 19.2 Å². The number of nitrogens with zero attached hydrogens (tertiary/aromatic N) is 3. The van der Waals surface area contributed by atoms with E-state index in [4.69, 9.17) is 5.73 Å². The average Bonchev–Trinajstić information content (AvgIpc) is 2.55. The van der Waals surface area contributed by atoms with Gasteiger partial charge in [-0.15, -0.1) is 0 Å². The second-order valence-corrected chi connectivity index (χ2v) is 7.45. The molecule has 0 saturated carbocycles. The molecule has 1 aromatic heterocycles. The molecule has 0 saturated heterocycles. The second kappa shape index (κ2) is 5.48. The van der Waals surface area contributed by atoms with Gasteiger partial charge in [-0.1, -0.05) is 13.8 Å². The molecular formula is C11H23N5O2S. The lowest BCUT2D eigenvalue weighted by Crippen LogP contribution is -2.40. The molecule has 0 spiro atoms. The van der Waals surface area contributed by atoms with Gasteiger partial charge in [-0.05, 0) is 19.5 Å². The molecule has 0 fully saturated rings. The van der Waals surface area contributed by atoms with E-state index in [0.717, 1.165) is 6.54 Å². The van der Waals surface area contributed by atoms with Gasteiger partial charge in [-0.2, -0.15) is 0 Å². The van der Waals surface area contributed by atoms with Crippen LogP contribution in [0.4, 0.5) is 5.82 Å². The van der Waals surface area contributed by atoms with Crippen molar-refractivity contribution in [3.63, 3.8) is 0 Å². The molecule has 0 radical (unpaired) electrons. The SMILES string of the molecule is CN(C)CC(C)(C)CNS(=O)(=O)c1c(N)ncn1C. The highest BCUT2D eigenvalue weighted by Crippen LogP contribution is 2.18. The number of nitrogen functional groups attached to an aromatic ring is 1. The van der Waals surface area contributed by atoms with Crippen LogP contribution in [0.5, 0.6) is 0 Å². The van der Waals surface area contributed by atoms with Crippen LogP contribution in [-0.2, 0) is 17.1 Å². The summed E-state index contributed by atoms with van der Waals surface area (Å²) in [5.41, 5.74) is 5.41. The summed E-state index contributed by atoms with van der Waals surface area (Å²) in [5, 5.41) is 0.00755. The van der Waals surface area contributed by atoms with Crippen LogP contribution in [-0.4, -0.2) is 50.1 Å². The quantitative estimate of drug-likeness (QED) is 0.761. The number of sulfonamides is 1. The normalized spacial score (nSPS) is 13.2. The Balaban J connectivity index is 2.83. The Morgan fingerprint density at radius 3 is 2.47 bits per heavy atom. The van der Waals surface area contributed by atoms with Gasteiger partial charge in [-0.3, -0.25) is 0 Å². The van der Waals surface area contributed by atoms with Gasteiger partial charge in [0.25, 0.3) is 10.0 Å². The predicted molar refractivity (Wildman–Crippen MR) is 75.1 cm³/mol. The highest BCUT2D eigenvalue weighted by molar-refractivity contribution is 7.89. The predicted octanol–water partition coefficient (Wildman–Crippen LogP) is -0.132. The third-order valence-electron chi connectivity index (χ3n) is 2.65. The van der Waals surface area contributed by atoms with Crippen LogP contribution in [0.25, 0.3) is 0 Å². The first-order valence-corrected chi connectivity index (χ1v) is 7.45. The van der Waals surface area contributed by atoms with Crippen molar-refractivity contribution in [3.05, 3.63) is 6.33 Å². The molecule has 0 aliphatic heterocycles. The molecule has 19 heavy (non-hydrogen) atoms. The molecule has 1 rings (SSSR count). The summed E-state index contributed by atoms with van der Waals surface area (Å²) >= 11 is 0. The molecule has 1 heterocycles. The lowest BCUT2D eigenvalue weighted by atomic mass is 9.93. The molecule has 7 nitrogen and oxygen atoms in total. The molecule has 0 amide bonds. The summed E-state index contributed by atoms with van der Waals surface area (Å²) in [7, 11) is 1.87. The first-order chi connectivity index (χ1) is 8.55. The van der Waals surface area contributed by atoms with Gasteiger partial charge in [0.2, 0.25) is 0 Å². The van der Waals surface area contributed by atoms with Crippen molar-refractivity contribution < 1.29 is 8.42 Å². The van der Waals surface area contributed by atoms with Crippen LogP contribution in [0, 0.1) is 5.41 Å². The molecule has 0 aromatic carbocycles. The van der Waals surface area contributed by atoms with Crippen LogP contribution in [0.15, 0.2) is 11.4 Å². The van der Waals surface area contributed by atoms with Gasteiger partial charge in [0.1, 0.15) is 0 Å². The fourth-order valence-corrected chi connectivity index (χ4v) is 3.51. The third-order valence-corrected chi connectivity index (χ3v) is 4.18. The van der Waals surface area contributed by atoms with Crippen LogP contribution in [0.2, 0.25) is 0 Å². The third kappa shape index (κ3) is 4.19. The van der Waals surface area contributed by atoms with Crippen molar-refractivity contribution in [3.8, 4) is 0 Å². The minimum Gasteiger partial charge on any atom is -0.381 e. The van der Waals surface area contributed by atoms with Crippen LogP contribution in [0.1, 0.15) is 13.8 Å². The van der Waals surface area contributed by atoms with Crippen molar-refractivity contribution in [1.29, 1.82) is 0 Å². The van der Waals surface area contributed by atoms with E-state index in [9.17, 15) is 8.42 Å². The van der Waals surface area contributed by atoms with Gasteiger partial charge in [-0.25, -0.2) is 18.1 Å². The Morgan fingerprint density at radius 1 is 1.47 bits per heavy atom. The van der Waals surface area contributed by atoms with E-state index in [1.807, 2.05) is 32.8 Å². The molecule has 8 heteroatoms. The number of aromatic nitrogens is 2. The molecule has 0 aliphatic rings. The van der Waals surface area contributed by atoms with Gasteiger partial charge in [0, 0.05) is 20.1 Å². The molecular weight excluding hydrogens is 266 g/mol. The maximum Gasteiger partial charge on any atom is 0.260 e. The van der Waals surface area contributed by atoms with Gasteiger partial charge < -0.3 is 15.2 Å². The van der Waals surface area contributed by atoms with E-state index in [-0.39, 0.29) is 16.3 Å².